The summed E-state index contributed by atoms with van der Waals surface area (Å²) in [7, 11) is 11.0. The van der Waals surface area contributed by atoms with E-state index in [2.05, 4.69) is 136 Å². The average molecular weight is 619 g/mol. The van der Waals surface area contributed by atoms with E-state index in [0.29, 0.717) is 0 Å². The van der Waals surface area contributed by atoms with Crippen molar-refractivity contribution in [3.05, 3.63) is 120 Å². The van der Waals surface area contributed by atoms with Gasteiger partial charge in [-0.05, 0) is 24.5 Å². The first kappa shape index (κ1) is 29.6. The summed E-state index contributed by atoms with van der Waals surface area (Å²) < 4.78 is 0. The summed E-state index contributed by atoms with van der Waals surface area (Å²) in [4.78, 5) is 0. The molecule has 0 atom stereocenters. The molecule has 0 bridgehead atoms. The molecule has 6 aromatic carbocycles. The van der Waals surface area contributed by atoms with Gasteiger partial charge >= 0.3 is 37.9 Å². The minimum atomic E-state index is -0.826. The van der Waals surface area contributed by atoms with E-state index >= 15 is 0 Å². The molecule has 37 heavy (non-hydrogen) atoms. The Morgan fingerprint density at radius 1 is 0.649 bits per heavy atom. The largest absolute Gasteiger partial charge is 0.126 e. The van der Waals surface area contributed by atoms with Gasteiger partial charge in [-0.25, -0.2) is 0 Å². The van der Waals surface area contributed by atoms with Crippen LogP contribution in [-0.4, -0.2) is 9.52 Å². The molecule has 0 aromatic heterocycles. The molecule has 4 heteroatoms. The van der Waals surface area contributed by atoms with E-state index in [1.807, 2.05) is 0 Å². The van der Waals surface area contributed by atoms with Crippen molar-refractivity contribution >= 4 is 58.9 Å². The van der Waals surface area contributed by atoms with E-state index in [0.717, 1.165) is 15.9 Å². The molecule has 0 nitrogen and oxygen atoms in total. The Morgan fingerprint density at radius 2 is 1.11 bits per heavy atom. The first-order valence-corrected chi connectivity index (χ1v) is 20.7. The van der Waals surface area contributed by atoms with E-state index < -0.39 is 20.8 Å². The first-order chi connectivity index (χ1) is 18.1. The number of fused-ring (bicyclic) bond motifs is 4. The Kier molecular flexibility index (Phi) is 12.4. The summed E-state index contributed by atoms with van der Waals surface area (Å²) in [5, 5.41) is 8.12. The van der Waals surface area contributed by atoms with Crippen LogP contribution in [0.3, 0.4) is 0 Å². The minimum absolute atomic E-state index is 0.826. The third-order valence-electron chi connectivity index (χ3n) is 6.18. The number of hydrogen-bond donors (Lipinski definition) is 0. The summed E-state index contributed by atoms with van der Waals surface area (Å²) >= 11 is -0.826. The third kappa shape index (κ3) is 7.78. The molecule has 0 aliphatic rings. The van der Waals surface area contributed by atoms with Crippen molar-refractivity contribution in [1.29, 1.82) is 0 Å². The van der Waals surface area contributed by atoms with Gasteiger partial charge in [-0.15, -0.1) is 74.3 Å². The van der Waals surface area contributed by atoms with Gasteiger partial charge < -0.3 is 0 Å². The molecule has 0 aliphatic heterocycles. The van der Waals surface area contributed by atoms with Crippen LogP contribution < -0.4 is 0 Å². The number of benzene rings is 4. The second-order valence-electron chi connectivity index (χ2n) is 8.73. The van der Waals surface area contributed by atoms with Crippen LogP contribution in [0.2, 0.25) is 13.1 Å². The van der Waals surface area contributed by atoms with Crippen LogP contribution in [-0.2, 0) is 27.3 Å². The van der Waals surface area contributed by atoms with E-state index in [9.17, 15) is 0 Å². The quantitative estimate of drug-likeness (QED) is 0.134. The van der Waals surface area contributed by atoms with E-state index in [1.54, 1.807) is 0 Å². The molecule has 0 amide bonds. The van der Waals surface area contributed by atoms with E-state index in [-0.39, 0.29) is 0 Å². The van der Waals surface area contributed by atoms with Crippen molar-refractivity contribution in [2.24, 2.45) is 0 Å². The molecule has 0 saturated heterocycles. The van der Waals surface area contributed by atoms with Crippen LogP contribution >= 0.6 is 17.0 Å². The zero-order valence-electron chi connectivity index (χ0n) is 21.9. The van der Waals surface area contributed by atoms with Crippen molar-refractivity contribution in [3.8, 4) is 11.1 Å². The number of hydrogen-bond acceptors (Lipinski definition) is 0. The Bertz CT molecular complexity index is 1480. The van der Waals surface area contributed by atoms with E-state index in [1.165, 1.54) is 54.6 Å². The zero-order valence-corrected chi connectivity index (χ0v) is 26.8. The zero-order chi connectivity index (χ0) is 26.6. The molecule has 0 heterocycles. The van der Waals surface area contributed by atoms with Crippen LogP contribution in [0.1, 0.15) is 18.1 Å². The Morgan fingerprint density at radius 3 is 1.68 bits per heavy atom. The van der Waals surface area contributed by atoms with Crippen LogP contribution in [0.15, 0.2) is 109 Å². The van der Waals surface area contributed by atoms with Gasteiger partial charge in [-0.2, -0.15) is 6.07 Å². The summed E-state index contributed by atoms with van der Waals surface area (Å²) in [5.41, 5.74) is 5.46. The summed E-state index contributed by atoms with van der Waals surface area (Å²) in [5.74, 6) is 0. The van der Waals surface area contributed by atoms with Gasteiger partial charge in [0.05, 0.1) is 0 Å². The fourth-order valence-electron chi connectivity index (χ4n) is 4.51. The predicted octanol–water partition coefficient (Wildman–Crippen LogP) is 11.0. The maximum atomic E-state index is 4.93. The van der Waals surface area contributed by atoms with Crippen LogP contribution in [0.25, 0.3) is 43.4 Å². The fraction of sp³-hybridized carbons (Fsp3) is 0.152. The van der Waals surface area contributed by atoms with Gasteiger partial charge in [0, 0.05) is 9.52 Å². The van der Waals surface area contributed by atoms with Crippen LogP contribution in [0, 0.1) is 6.92 Å². The molecule has 0 spiro atoms. The molecule has 6 rings (SSSR count). The van der Waals surface area contributed by atoms with Gasteiger partial charge in [-0.3, -0.25) is 0 Å². The number of rotatable bonds is 2. The Hall–Kier alpha value is -1.96. The smallest absolute Gasteiger partial charge is 0.0771 e. The Balaban J connectivity index is 0.000000175. The topological polar surface area (TPSA) is 0 Å². The molecule has 0 N–H and O–H groups in total. The maximum Gasteiger partial charge on any atom is -0.0771 e. The van der Waals surface area contributed by atoms with Crippen molar-refractivity contribution in [1.82, 2.24) is 0 Å². The molecule has 0 fully saturated rings. The average Bonchev–Trinajstić information content (AvgIpc) is 3.52. The second-order valence-corrected chi connectivity index (χ2v) is 13.5. The van der Waals surface area contributed by atoms with Gasteiger partial charge in [0.2, 0.25) is 0 Å². The standard InChI is InChI=1S/C18H17.C13H9.C2H6Si.2ClH.Zr/c1-3-14-11-15-8-6-10-17(18(15)12-14)16-9-5-4-7-13(16)2;1-3-7-12-10(5-1)9-11-6-2-4-8-13(11)12;1-3-2;;;/h4-12H,3H2,1-2H3;1-9H;1-2H3;2*1H;/q2*-1;;;;+4/p-2. The normalized spacial score (nSPS) is 10.0. The first-order valence-electron chi connectivity index (χ1n) is 12.4. The van der Waals surface area contributed by atoms with Crippen molar-refractivity contribution in [3.63, 3.8) is 0 Å². The van der Waals surface area contributed by atoms with Gasteiger partial charge in [0.15, 0.2) is 0 Å². The van der Waals surface area contributed by atoms with Gasteiger partial charge in [0.25, 0.3) is 0 Å². The monoisotopic (exact) mass is 616 g/mol. The molecular formula is C33H32Cl2SiZr. The number of aryl methyl sites for hydroxylation is 2. The molecule has 0 saturated carbocycles. The van der Waals surface area contributed by atoms with Crippen molar-refractivity contribution in [2.45, 2.75) is 33.4 Å². The molecular weight excluding hydrogens is 587 g/mol. The summed E-state index contributed by atoms with van der Waals surface area (Å²) in [6, 6.07) is 39.1. The van der Waals surface area contributed by atoms with Gasteiger partial charge in [-0.1, -0.05) is 92.3 Å². The van der Waals surface area contributed by atoms with Crippen molar-refractivity contribution in [2.75, 3.05) is 0 Å². The van der Waals surface area contributed by atoms with Gasteiger partial charge in [0.1, 0.15) is 0 Å². The molecule has 0 aliphatic carbocycles. The maximum absolute atomic E-state index is 4.93. The number of halogens is 2. The predicted molar refractivity (Wildman–Crippen MR) is 165 cm³/mol. The van der Waals surface area contributed by atoms with E-state index in [4.69, 9.17) is 17.0 Å². The van der Waals surface area contributed by atoms with Crippen LogP contribution in [0.5, 0.6) is 0 Å². The summed E-state index contributed by atoms with van der Waals surface area (Å²) in [6.07, 6.45) is 1.10. The minimum Gasteiger partial charge on any atom is -0.126 e. The molecule has 0 unspecified atom stereocenters. The Labute approximate surface area is 242 Å². The molecule has 6 aromatic rings. The third-order valence-corrected chi connectivity index (χ3v) is 6.18. The summed E-state index contributed by atoms with van der Waals surface area (Å²) in [6.45, 7) is 8.69. The SMILES string of the molecule is CCc1cc2c(-c3ccccc3C)cccc2[cH-]1.C[Si]C.[Cl][Zr+2][Cl].c1ccc2c(c1)[cH-]c1ccccc12. The van der Waals surface area contributed by atoms with Crippen LogP contribution in [0.4, 0.5) is 0 Å². The van der Waals surface area contributed by atoms with Crippen molar-refractivity contribution < 1.29 is 20.8 Å². The molecule has 2 radical (unpaired) electrons. The fourth-order valence-corrected chi connectivity index (χ4v) is 4.51. The second kappa shape index (κ2) is 15.5. The molecule has 186 valence electrons.